The summed E-state index contributed by atoms with van der Waals surface area (Å²) in [5, 5.41) is 12.2. The highest BCUT2D eigenvalue weighted by atomic mass is 19.1. The molecule has 0 fully saturated rings. The number of hydrogen-bond acceptors (Lipinski definition) is 2. The quantitative estimate of drug-likeness (QED) is 0.809. The van der Waals surface area contributed by atoms with Gasteiger partial charge in [0.15, 0.2) is 0 Å². The number of hydrogen-bond donors (Lipinski definition) is 2. The molecule has 2 N–H and O–H groups in total. The zero-order valence-corrected chi connectivity index (χ0v) is 9.09. The van der Waals surface area contributed by atoms with Crippen molar-refractivity contribution < 1.29 is 14.3 Å². The number of carboxylic acids is 1. The summed E-state index contributed by atoms with van der Waals surface area (Å²) in [5.41, 5.74) is 0.642. The fourth-order valence-corrected chi connectivity index (χ4v) is 2.13. The fourth-order valence-electron chi connectivity index (χ4n) is 2.13. The number of benzene rings is 1. The van der Waals surface area contributed by atoms with Crippen LogP contribution in [0.4, 0.5) is 10.1 Å². The number of fused-ring (bicyclic) bond motifs is 1. The van der Waals surface area contributed by atoms with Gasteiger partial charge in [-0.3, -0.25) is 0 Å². The van der Waals surface area contributed by atoms with Gasteiger partial charge in [0, 0.05) is 5.69 Å². The van der Waals surface area contributed by atoms with Crippen molar-refractivity contribution in [1.29, 1.82) is 0 Å². The van der Waals surface area contributed by atoms with Crippen LogP contribution in [0.15, 0.2) is 18.2 Å². The van der Waals surface area contributed by atoms with Crippen molar-refractivity contribution in [2.24, 2.45) is 0 Å². The molecule has 0 saturated carbocycles. The van der Waals surface area contributed by atoms with E-state index in [1.807, 2.05) is 6.92 Å². The minimum absolute atomic E-state index is 0.344. The van der Waals surface area contributed by atoms with Crippen molar-refractivity contribution in [2.75, 3.05) is 5.32 Å². The molecule has 1 atom stereocenters. The molecular weight excluding hydrogens is 209 g/mol. The van der Waals surface area contributed by atoms with E-state index < -0.39 is 11.5 Å². The lowest BCUT2D eigenvalue weighted by Gasteiger charge is -2.35. The van der Waals surface area contributed by atoms with E-state index in [4.69, 9.17) is 0 Å². The number of aliphatic carboxylic acids is 1. The minimum Gasteiger partial charge on any atom is -0.480 e. The standard InChI is InChI=1S/C12H14FNO2/c1-2-12(11(15)16)6-5-8-3-4-9(13)7-10(8)14-12/h3-4,7,14H,2,5-6H2,1H3,(H,15,16). The second-order valence-corrected chi connectivity index (χ2v) is 4.17. The highest BCUT2D eigenvalue weighted by molar-refractivity contribution is 5.84. The van der Waals surface area contributed by atoms with Crippen molar-refractivity contribution >= 4 is 11.7 Å². The van der Waals surface area contributed by atoms with Gasteiger partial charge in [-0.2, -0.15) is 0 Å². The normalized spacial score (nSPS) is 23.4. The van der Waals surface area contributed by atoms with E-state index in [9.17, 15) is 14.3 Å². The highest BCUT2D eigenvalue weighted by Gasteiger charge is 2.39. The lowest BCUT2D eigenvalue weighted by molar-refractivity contribution is -0.142. The van der Waals surface area contributed by atoms with Gasteiger partial charge in [-0.15, -0.1) is 0 Å². The predicted molar refractivity (Wildman–Crippen MR) is 59.0 cm³/mol. The summed E-state index contributed by atoms with van der Waals surface area (Å²) in [6.07, 6.45) is 1.69. The Morgan fingerprint density at radius 1 is 1.62 bits per heavy atom. The van der Waals surface area contributed by atoms with Gasteiger partial charge < -0.3 is 10.4 Å². The average Bonchev–Trinajstić information content (AvgIpc) is 2.27. The molecule has 1 aromatic rings. The summed E-state index contributed by atoms with van der Waals surface area (Å²) in [6.45, 7) is 1.82. The third-order valence-electron chi connectivity index (χ3n) is 3.28. The van der Waals surface area contributed by atoms with Crippen LogP contribution < -0.4 is 5.32 Å². The number of anilines is 1. The summed E-state index contributed by atoms with van der Waals surface area (Å²) in [5.74, 6) is -1.21. The molecule has 0 saturated heterocycles. The first kappa shape index (κ1) is 10.9. The number of rotatable bonds is 2. The molecule has 1 aliphatic heterocycles. The van der Waals surface area contributed by atoms with Crippen LogP contribution in [0.3, 0.4) is 0 Å². The monoisotopic (exact) mass is 223 g/mol. The Labute approximate surface area is 93.3 Å². The first-order chi connectivity index (χ1) is 7.57. The van der Waals surface area contributed by atoms with Gasteiger partial charge in [-0.1, -0.05) is 13.0 Å². The SMILES string of the molecule is CCC1(C(=O)O)CCc2ccc(F)cc2N1. The fraction of sp³-hybridized carbons (Fsp3) is 0.417. The molecule has 1 aliphatic rings. The molecule has 3 nitrogen and oxygen atoms in total. The maximum atomic E-state index is 13.1. The molecule has 86 valence electrons. The maximum Gasteiger partial charge on any atom is 0.329 e. The van der Waals surface area contributed by atoms with Crippen molar-refractivity contribution in [3.8, 4) is 0 Å². The second kappa shape index (κ2) is 3.77. The van der Waals surface area contributed by atoms with Crippen LogP contribution in [-0.4, -0.2) is 16.6 Å². The maximum absolute atomic E-state index is 13.1. The molecule has 0 spiro atoms. The summed E-state index contributed by atoms with van der Waals surface area (Å²) in [7, 11) is 0. The van der Waals surface area contributed by atoms with Gasteiger partial charge in [0.25, 0.3) is 0 Å². The van der Waals surface area contributed by atoms with Gasteiger partial charge >= 0.3 is 5.97 Å². The van der Waals surface area contributed by atoms with Gasteiger partial charge in [-0.25, -0.2) is 9.18 Å². The largest absolute Gasteiger partial charge is 0.480 e. The Hall–Kier alpha value is -1.58. The molecule has 1 unspecified atom stereocenters. The van der Waals surface area contributed by atoms with Gasteiger partial charge in [0.1, 0.15) is 11.4 Å². The number of nitrogens with one attached hydrogen (secondary N) is 1. The van der Waals surface area contributed by atoms with E-state index in [1.165, 1.54) is 12.1 Å². The number of carboxylic acid groups (broad SMARTS) is 1. The molecule has 16 heavy (non-hydrogen) atoms. The van der Waals surface area contributed by atoms with Gasteiger partial charge in [0.2, 0.25) is 0 Å². The van der Waals surface area contributed by atoms with Crippen molar-refractivity contribution in [3.63, 3.8) is 0 Å². The molecule has 0 aromatic heterocycles. The second-order valence-electron chi connectivity index (χ2n) is 4.17. The molecule has 4 heteroatoms. The third kappa shape index (κ3) is 1.64. The Kier molecular flexibility index (Phi) is 2.58. The predicted octanol–water partition coefficient (Wildman–Crippen LogP) is 2.42. The van der Waals surface area contributed by atoms with Crippen molar-refractivity contribution in [3.05, 3.63) is 29.6 Å². The van der Waals surface area contributed by atoms with E-state index in [-0.39, 0.29) is 5.82 Å². The highest BCUT2D eigenvalue weighted by Crippen LogP contribution is 2.33. The van der Waals surface area contributed by atoms with E-state index in [0.717, 1.165) is 5.56 Å². The van der Waals surface area contributed by atoms with Crippen LogP contribution in [0.5, 0.6) is 0 Å². The summed E-state index contributed by atoms with van der Waals surface area (Å²) in [6, 6.07) is 4.47. The van der Waals surface area contributed by atoms with Gasteiger partial charge in [-0.05, 0) is 37.0 Å². The lowest BCUT2D eigenvalue weighted by Crippen LogP contribution is -2.48. The van der Waals surface area contributed by atoms with Crippen molar-refractivity contribution in [2.45, 2.75) is 31.7 Å². The molecule has 1 aromatic carbocycles. The van der Waals surface area contributed by atoms with Crippen molar-refractivity contribution in [1.82, 2.24) is 0 Å². The zero-order chi connectivity index (χ0) is 11.8. The molecule has 1 heterocycles. The number of aryl methyl sites for hydroxylation is 1. The summed E-state index contributed by atoms with van der Waals surface area (Å²) in [4.78, 5) is 11.2. The first-order valence-electron chi connectivity index (χ1n) is 5.37. The van der Waals surface area contributed by atoms with E-state index >= 15 is 0 Å². The van der Waals surface area contributed by atoms with Crippen LogP contribution in [0.2, 0.25) is 0 Å². The Morgan fingerprint density at radius 2 is 2.38 bits per heavy atom. The van der Waals surface area contributed by atoms with E-state index in [0.29, 0.717) is 24.9 Å². The van der Waals surface area contributed by atoms with Gasteiger partial charge in [0.05, 0.1) is 0 Å². The van der Waals surface area contributed by atoms with E-state index in [1.54, 1.807) is 6.07 Å². The van der Waals surface area contributed by atoms with Crippen LogP contribution in [0.1, 0.15) is 25.3 Å². The minimum atomic E-state index is -0.944. The Bertz CT molecular complexity index is 433. The third-order valence-corrected chi connectivity index (χ3v) is 3.28. The molecule has 2 rings (SSSR count). The van der Waals surface area contributed by atoms with Crippen LogP contribution in [0, 0.1) is 5.82 Å². The summed E-state index contributed by atoms with van der Waals surface area (Å²) >= 11 is 0. The zero-order valence-electron chi connectivity index (χ0n) is 9.09. The topological polar surface area (TPSA) is 49.3 Å². The Morgan fingerprint density at radius 3 is 3.00 bits per heavy atom. The average molecular weight is 223 g/mol. The Balaban J connectivity index is 2.38. The first-order valence-corrected chi connectivity index (χ1v) is 5.37. The lowest BCUT2D eigenvalue weighted by atomic mass is 9.84. The summed E-state index contributed by atoms with van der Waals surface area (Å²) < 4.78 is 13.1. The van der Waals surface area contributed by atoms with Crippen LogP contribution in [-0.2, 0) is 11.2 Å². The van der Waals surface area contributed by atoms with Crippen LogP contribution in [0.25, 0.3) is 0 Å². The molecule has 0 bridgehead atoms. The molecule has 0 amide bonds. The van der Waals surface area contributed by atoms with E-state index in [2.05, 4.69) is 5.32 Å². The number of halogens is 1. The molecule has 0 aliphatic carbocycles. The van der Waals surface area contributed by atoms with Crippen LogP contribution >= 0.6 is 0 Å². The molecule has 0 radical (unpaired) electrons. The molecular formula is C12H14FNO2. The smallest absolute Gasteiger partial charge is 0.329 e. The number of carbonyl (C=O) groups is 1.